The van der Waals surface area contributed by atoms with Gasteiger partial charge >= 0.3 is 0 Å². The fourth-order valence-electron chi connectivity index (χ4n) is 2.34. The lowest BCUT2D eigenvalue weighted by Gasteiger charge is -2.21. The number of benzene rings is 1. The lowest BCUT2D eigenvalue weighted by molar-refractivity contribution is 0.0983. The summed E-state index contributed by atoms with van der Waals surface area (Å²) in [5.41, 5.74) is 2.31. The van der Waals surface area contributed by atoms with Crippen molar-refractivity contribution >= 4 is 17.4 Å². The Morgan fingerprint density at radius 1 is 1.29 bits per heavy atom. The van der Waals surface area contributed by atoms with Crippen LogP contribution in [0.2, 0.25) is 0 Å². The average Bonchev–Trinajstić information content (AvgIpc) is 2.60. The topological polar surface area (TPSA) is 67.4 Å². The van der Waals surface area contributed by atoms with Gasteiger partial charge in [-0.25, -0.2) is 9.97 Å². The first-order chi connectivity index (χ1) is 11.7. The molecule has 6 heteroatoms. The van der Waals surface area contributed by atoms with E-state index in [-0.39, 0.29) is 5.91 Å². The third-order valence-corrected chi connectivity index (χ3v) is 3.58. The predicted octanol–water partition coefficient (Wildman–Crippen LogP) is 2.90. The molecular formula is C18H24N4O2. The fourth-order valence-corrected chi connectivity index (χ4v) is 2.34. The van der Waals surface area contributed by atoms with E-state index >= 15 is 0 Å². The van der Waals surface area contributed by atoms with Crippen LogP contribution in [0.1, 0.15) is 29.4 Å². The molecule has 1 amide bonds. The maximum Gasteiger partial charge on any atom is 0.278 e. The number of ether oxygens (including phenoxy) is 1. The Labute approximate surface area is 142 Å². The van der Waals surface area contributed by atoms with E-state index in [9.17, 15) is 4.79 Å². The van der Waals surface area contributed by atoms with Gasteiger partial charge in [0.25, 0.3) is 5.91 Å². The standard InChI is InChI=1S/C18H24N4O2/c1-4-22(15-8-5-7-14(2)11-15)18(23)16-12-21-17(13-20-16)19-9-6-10-24-3/h5,7-8,11-13H,4,6,9-10H2,1-3H3,(H,19,21). The van der Waals surface area contributed by atoms with Gasteiger partial charge in [0, 0.05) is 32.5 Å². The molecule has 1 N–H and O–H groups in total. The molecule has 128 valence electrons. The number of carbonyl (C=O) groups excluding carboxylic acids is 1. The van der Waals surface area contributed by atoms with Crippen molar-refractivity contribution in [2.45, 2.75) is 20.3 Å². The van der Waals surface area contributed by atoms with Gasteiger partial charge in [-0.3, -0.25) is 4.79 Å². The number of hydrogen-bond acceptors (Lipinski definition) is 5. The molecule has 2 aromatic rings. The highest BCUT2D eigenvalue weighted by Crippen LogP contribution is 2.18. The van der Waals surface area contributed by atoms with Crippen LogP contribution < -0.4 is 10.2 Å². The van der Waals surface area contributed by atoms with Crippen molar-refractivity contribution in [3.8, 4) is 0 Å². The predicted molar refractivity (Wildman–Crippen MR) is 95.5 cm³/mol. The largest absolute Gasteiger partial charge is 0.385 e. The second kappa shape index (κ2) is 8.98. The molecule has 0 unspecified atom stereocenters. The van der Waals surface area contributed by atoms with Gasteiger partial charge in [-0.1, -0.05) is 12.1 Å². The monoisotopic (exact) mass is 328 g/mol. The SMILES string of the molecule is CCN(C(=O)c1cnc(NCCCOC)cn1)c1cccc(C)c1. The van der Waals surface area contributed by atoms with E-state index in [1.165, 1.54) is 6.20 Å². The molecule has 2 rings (SSSR count). The van der Waals surface area contributed by atoms with Crippen molar-refractivity contribution in [3.63, 3.8) is 0 Å². The first-order valence-electron chi connectivity index (χ1n) is 8.09. The third kappa shape index (κ3) is 4.76. The minimum Gasteiger partial charge on any atom is -0.385 e. The lowest BCUT2D eigenvalue weighted by Crippen LogP contribution is -2.31. The van der Waals surface area contributed by atoms with Crippen molar-refractivity contribution in [2.24, 2.45) is 0 Å². The highest BCUT2D eigenvalue weighted by atomic mass is 16.5. The normalized spacial score (nSPS) is 10.5. The number of hydrogen-bond donors (Lipinski definition) is 1. The van der Waals surface area contributed by atoms with Crippen LogP contribution in [0.5, 0.6) is 0 Å². The zero-order valence-corrected chi connectivity index (χ0v) is 14.5. The Balaban J connectivity index is 2.05. The van der Waals surface area contributed by atoms with E-state index in [1.54, 1.807) is 18.2 Å². The Kier molecular flexibility index (Phi) is 6.69. The Bertz CT molecular complexity index is 658. The molecule has 0 aliphatic rings. The molecule has 0 atom stereocenters. The second-order valence-corrected chi connectivity index (χ2v) is 5.45. The van der Waals surface area contributed by atoms with E-state index in [1.807, 2.05) is 38.1 Å². The summed E-state index contributed by atoms with van der Waals surface area (Å²) in [4.78, 5) is 22.9. The van der Waals surface area contributed by atoms with Crippen molar-refractivity contribution in [1.82, 2.24) is 9.97 Å². The summed E-state index contributed by atoms with van der Waals surface area (Å²) in [6, 6.07) is 7.86. The molecule has 0 radical (unpaired) electrons. The molecule has 1 aromatic heterocycles. The van der Waals surface area contributed by atoms with E-state index < -0.39 is 0 Å². The Hall–Kier alpha value is -2.47. The van der Waals surface area contributed by atoms with Crippen LogP contribution in [-0.4, -0.2) is 42.7 Å². The van der Waals surface area contributed by atoms with Gasteiger partial charge in [0.1, 0.15) is 11.5 Å². The van der Waals surface area contributed by atoms with Gasteiger partial charge in [-0.2, -0.15) is 0 Å². The third-order valence-electron chi connectivity index (χ3n) is 3.58. The van der Waals surface area contributed by atoms with Gasteiger partial charge in [0.15, 0.2) is 0 Å². The molecule has 1 aromatic carbocycles. The second-order valence-electron chi connectivity index (χ2n) is 5.45. The summed E-state index contributed by atoms with van der Waals surface area (Å²) in [5, 5.41) is 3.15. The molecule has 0 saturated heterocycles. The molecule has 0 aliphatic carbocycles. The summed E-state index contributed by atoms with van der Waals surface area (Å²) < 4.78 is 4.99. The summed E-state index contributed by atoms with van der Waals surface area (Å²) >= 11 is 0. The van der Waals surface area contributed by atoms with Crippen LogP contribution in [0.25, 0.3) is 0 Å². The number of anilines is 2. The molecule has 6 nitrogen and oxygen atoms in total. The van der Waals surface area contributed by atoms with Crippen LogP contribution in [0.3, 0.4) is 0 Å². The molecule has 0 fully saturated rings. The number of carbonyl (C=O) groups is 1. The molecule has 0 spiro atoms. The maximum absolute atomic E-state index is 12.7. The van der Waals surface area contributed by atoms with Crippen LogP contribution in [0, 0.1) is 6.92 Å². The van der Waals surface area contributed by atoms with Crippen LogP contribution in [0.4, 0.5) is 11.5 Å². The van der Waals surface area contributed by atoms with Gasteiger partial charge in [-0.05, 0) is 38.0 Å². The molecule has 24 heavy (non-hydrogen) atoms. The van der Waals surface area contributed by atoms with Crippen molar-refractivity contribution in [3.05, 3.63) is 47.9 Å². The molecule has 1 heterocycles. The molecule has 0 saturated carbocycles. The number of nitrogens with zero attached hydrogens (tertiary/aromatic N) is 3. The van der Waals surface area contributed by atoms with Gasteiger partial charge in [0.05, 0.1) is 12.4 Å². The van der Waals surface area contributed by atoms with Crippen molar-refractivity contribution < 1.29 is 9.53 Å². The lowest BCUT2D eigenvalue weighted by atomic mass is 10.2. The smallest absolute Gasteiger partial charge is 0.278 e. The fraction of sp³-hybridized carbons (Fsp3) is 0.389. The number of amides is 1. The minimum absolute atomic E-state index is 0.151. The van der Waals surface area contributed by atoms with Crippen LogP contribution in [0.15, 0.2) is 36.7 Å². The van der Waals surface area contributed by atoms with E-state index in [0.29, 0.717) is 24.7 Å². The first kappa shape index (κ1) is 17.9. The van der Waals surface area contributed by atoms with E-state index in [0.717, 1.165) is 24.2 Å². The number of aryl methyl sites for hydroxylation is 1. The summed E-state index contributed by atoms with van der Waals surface area (Å²) in [6.45, 7) is 5.96. The molecule has 0 bridgehead atoms. The summed E-state index contributed by atoms with van der Waals surface area (Å²) in [6.07, 6.45) is 3.99. The number of rotatable bonds is 8. The Morgan fingerprint density at radius 2 is 2.12 bits per heavy atom. The van der Waals surface area contributed by atoms with Gasteiger partial charge in [-0.15, -0.1) is 0 Å². The number of aromatic nitrogens is 2. The Morgan fingerprint density at radius 3 is 2.75 bits per heavy atom. The number of nitrogens with one attached hydrogen (secondary N) is 1. The quantitative estimate of drug-likeness (QED) is 0.755. The van der Waals surface area contributed by atoms with E-state index in [4.69, 9.17) is 4.74 Å². The maximum atomic E-state index is 12.7. The van der Waals surface area contributed by atoms with E-state index in [2.05, 4.69) is 15.3 Å². The summed E-state index contributed by atoms with van der Waals surface area (Å²) in [5.74, 6) is 0.503. The highest BCUT2D eigenvalue weighted by Gasteiger charge is 2.17. The van der Waals surface area contributed by atoms with Gasteiger partial charge in [0.2, 0.25) is 0 Å². The minimum atomic E-state index is -0.151. The zero-order valence-electron chi connectivity index (χ0n) is 14.5. The molecular weight excluding hydrogens is 304 g/mol. The zero-order chi connectivity index (χ0) is 17.4. The van der Waals surface area contributed by atoms with Gasteiger partial charge < -0.3 is 15.0 Å². The average molecular weight is 328 g/mol. The highest BCUT2D eigenvalue weighted by molar-refractivity contribution is 6.04. The van der Waals surface area contributed by atoms with Crippen LogP contribution >= 0.6 is 0 Å². The van der Waals surface area contributed by atoms with Crippen molar-refractivity contribution in [1.29, 1.82) is 0 Å². The molecule has 0 aliphatic heterocycles. The van der Waals surface area contributed by atoms with Crippen LogP contribution in [-0.2, 0) is 4.74 Å². The van der Waals surface area contributed by atoms with Crippen molar-refractivity contribution in [2.75, 3.05) is 37.0 Å². The summed E-state index contributed by atoms with van der Waals surface area (Å²) in [7, 11) is 1.67. The first-order valence-corrected chi connectivity index (χ1v) is 8.09. The number of methoxy groups -OCH3 is 1.